The van der Waals surface area contributed by atoms with E-state index in [9.17, 15) is 4.79 Å². The molecule has 1 aromatic rings. The number of carbonyl (C=O) groups is 1. The largest absolute Gasteiger partial charge is 0.489 e. The topological polar surface area (TPSA) is 55.6 Å². The van der Waals surface area contributed by atoms with E-state index in [2.05, 4.69) is 0 Å². The Balaban J connectivity index is 2.47. The molecule has 4 nitrogen and oxygen atoms in total. The van der Waals surface area contributed by atoms with Gasteiger partial charge in [-0.3, -0.25) is 4.79 Å². The van der Waals surface area contributed by atoms with E-state index in [4.69, 9.17) is 22.1 Å². The Bertz CT molecular complexity index is 408. The van der Waals surface area contributed by atoms with Crippen molar-refractivity contribution in [2.45, 2.75) is 6.04 Å². The highest BCUT2D eigenvalue weighted by Crippen LogP contribution is 2.32. The molecule has 0 bridgehead atoms. The predicted octanol–water partition coefficient (Wildman–Crippen LogP) is 1.02. The molecule has 0 radical (unpaired) electrons. The van der Waals surface area contributed by atoms with Gasteiger partial charge in [-0.15, -0.1) is 0 Å². The molecule has 1 aromatic carbocycles. The van der Waals surface area contributed by atoms with Crippen LogP contribution in [0.3, 0.4) is 0 Å². The van der Waals surface area contributed by atoms with Crippen molar-refractivity contribution in [1.82, 2.24) is 0 Å². The lowest BCUT2D eigenvalue weighted by molar-refractivity contribution is -0.119. The number of hydrogen-bond acceptors (Lipinski definition) is 3. The number of nitrogens with two attached hydrogens (primary N) is 1. The van der Waals surface area contributed by atoms with Crippen molar-refractivity contribution in [2.75, 3.05) is 18.6 Å². The third-order valence-electron chi connectivity index (χ3n) is 2.35. The van der Waals surface area contributed by atoms with Crippen molar-refractivity contribution < 1.29 is 9.53 Å². The first-order valence-corrected chi connectivity index (χ1v) is 4.93. The average molecular weight is 227 g/mol. The summed E-state index contributed by atoms with van der Waals surface area (Å²) in [5, 5.41) is 0.574. The van der Waals surface area contributed by atoms with Gasteiger partial charge in [-0.2, -0.15) is 0 Å². The molecule has 2 N–H and O–H groups in total. The molecule has 0 fully saturated rings. The fourth-order valence-corrected chi connectivity index (χ4v) is 1.66. The standard InChI is InChI=1S/C10H11ClN2O2/c1-13-8-3-2-6(11)4-9(8)15-5-7(12)10(13)14/h2-4,7H,5,12H2,1H3. The second kappa shape index (κ2) is 3.72. The summed E-state index contributed by atoms with van der Waals surface area (Å²) in [4.78, 5) is 13.2. The second-order valence-corrected chi connectivity index (χ2v) is 3.86. The molecule has 0 aliphatic carbocycles. The Hall–Kier alpha value is -1.26. The molecule has 1 heterocycles. The van der Waals surface area contributed by atoms with Crippen LogP contribution in [0, 0.1) is 0 Å². The number of benzene rings is 1. The fourth-order valence-electron chi connectivity index (χ4n) is 1.50. The molecule has 2 rings (SSSR count). The molecule has 15 heavy (non-hydrogen) atoms. The summed E-state index contributed by atoms with van der Waals surface area (Å²) in [7, 11) is 1.67. The van der Waals surface area contributed by atoms with Crippen molar-refractivity contribution >= 4 is 23.2 Å². The molecule has 80 valence electrons. The monoisotopic (exact) mass is 226 g/mol. The Kier molecular flexibility index (Phi) is 2.54. The van der Waals surface area contributed by atoms with E-state index in [-0.39, 0.29) is 12.5 Å². The number of hydrogen-bond donors (Lipinski definition) is 1. The number of fused-ring (bicyclic) bond motifs is 1. The van der Waals surface area contributed by atoms with Crippen molar-refractivity contribution in [1.29, 1.82) is 0 Å². The number of nitrogens with zero attached hydrogens (tertiary/aromatic N) is 1. The van der Waals surface area contributed by atoms with E-state index in [1.54, 1.807) is 25.2 Å². The summed E-state index contributed by atoms with van der Waals surface area (Å²) in [6, 6.07) is 4.51. The number of rotatable bonds is 0. The lowest BCUT2D eigenvalue weighted by atomic mass is 10.2. The van der Waals surface area contributed by atoms with Gasteiger partial charge in [0.2, 0.25) is 5.91 Å². The molecule has 0 saturated heterocycles. The van der Waals surface area contributed by atoms with Gasteiger partial charge in [0.15, 0.2) is 0 Å². The van der Waals surface area contributed by atoms with Gasteiger partial charge in [0.1, 0.15) is 18.4 Å². The van der Waals surface area contributed by atoms with Crippen LogP contribution < -0.4 is 15.4 Å². The summed E-state index contributed by atoms with van der Waals surface area (Å²) in [6.45, 7) is 0.177. The molecule has 1 amide bonds. The number of amides is 1. The Morgan fingerprint density at radius 1 is 1.60 bits per heavy atom. The summed E-state index contributed by atoms with van der Waals surface area (Å²) in [5.41, 5.74) is 6.33. The third-order valence-corrected chi connectivity index (χ3v) is 2.58. The number of carbonyl (C=O) groups excluding carboxylic acids is 1. The zero-order chi connectivity index (χ0) is 11.0. The maximum Gasteiger partial charge on any atom is 0.247 e. The molecule has 0 spiro atoms. The van der Waals surface area contributed by atoms with E-state index in [0.29, 0.717) is 16.5 Å². The van der Waals surface area contributed by atoms with Gasteiger partial charge in [0, 0.05) is 18.1 Å². The van der Waals surface area contributed by atoms with E-state index in [1.165, 1.54) is 4.90 Å². The number of anilines is 1. The third kappa shape index (κ3) is 1.78. The first-order chi connectivity index (χ1) is 7.09. The lowest BCUT2D eigenvalue weighted by Gasteiger charge is -2.17. The van der Waals surface area contributed by atoms with Crippen LogP contribution >= 0.6 is 11.6 Å². The quantitative estimate of drug-likeness (QED) is 0.719. The fraction of sp³-hybridized carbons (Fsp3) is 0.300. The maximum absolute atomic E-state index is 11.7. The van der Waals surface area contributed by atoms with Crippen molar-refractivity contribution in [3.05, 3.63) is 23.2 Å². The van der Waals surface area contributed by atoms with Crippen LogP contribution in [0.1, 0.15) is 0 Å². The molecule has 1 unspecified atom stereocenters. The van der Waals surface area contributed by atoms with E-state index in [0.717, 1.165) is 0 Å². The zero-order valence-corrected chi connectivity index (χ0v) is 8.99. The van der Waals surface area contributed by atoms with Crippen LogP contribution in [-0.4, -0.2) is 25.6 Å². The molecule has 1 aliphatic heterocycles. The first kappa shape index (κ1) is 10.3. The normalized spacial score (nSPS) is 20.6. The van der Waals surface area contributed by atoms with Crippen LogP contribution in [0.25, 0.3) is 0 Å². The van der Waals surface area contributed by atoms with Gasteiger partial charge in [-0.05, 0) is 12.1 Å². The highest BCUT2D eigenvalue weighted by atomic mass is 35.5. The van der Waals surface area contributed by atoms with Crippen molar-refractivity contribution in [3.8, 4) is 5.75 Å². The highest BCUT2D eigenvalue weighted by Gasteiger charge is 2.26. The molecule has 5 heteroatoms. The highest BCUT2D eigenvalue weighted by molar-refractivity contribution is 6.30. The summed E-state index contributed by atoms with van der Waals surface area (Å²) in [5.74, 6) is 0.433. The molecule has 0 saturated carbocycles. The van der Waals surface area contributed by atoms with Crippen LogP contribution in [0.15, 0.2) is 18.2 Å². The second-order valence-electron chi connectivity index (χ2n) is 3.43. The predicted molar refractivity (Wildman–Crippen MR) is 58.3 cm³/mol. The van der Waals surface area contributed by atoms with Gasteiger partial charge in [-0.25, -0.2) is 0 Å². The minimum Gasteiger partial charge on any atom is -0.489 e. The Labute approximate surface area is 92.6 Å². The van der Waals surface area contributed by atoms with Gasteiger partial charge >= 0.3 is 0 Å². The lowest BCUT2D eigenvalue weighted by Crippen LogP contribution is -2.43. The van der Waals surface area contributed by atoms with Gasteiger partial charge in [0.25, 0.3) is 0 Å². The summed E-state index contributed by atoms with van der Waals surface area (Å²) >= 11 is 5.84. The van der Waals surface area contributed by atoms with Crippen molar-refractivity contribution in [3.63, 3.8) is 0 Å². The molecule has 0 aromatic heterocycles. The Morgan fingerprint density at radius 3 is 3.07 bits per heavy atom. The summed E-state index contributed by atoms with van der Waals surface area (Å²) < 4.78 is 5.41. The number of ether oxygens (including phenoxy) is 1. The van der Waals surface area contributed by atoms with Crippen LogP contribution in [0.4, 0.5) is 5.69 Å². The van der Waals surface area contributed by atoms with Gasteiger partial charge in [0.05, 0.1) is 5.69 Å². The minimum absolute atomic E-state index is 0.156. The summed E-state index contributed by atoms with van der Waals surface area (Å²) in [6.07, 6.45) is 0. The van der Waals surface area contributed by atoms with Crippen LogP contribution in [-0.2, 0) is 4.79 Å². The van der Waals surface area contributed by atoms with Crippen molar-refractivity contribution in [2.24, 2.45) is 5.73 Å². The molecule has 1 atom stereocenters. The SMILES string of the molecule is CN1C(=O)C(N)COc2cc(Cl)ccc21. The Morgan fingerprint density at radius 2 is 2.33 bits per heavy atom. The maximum atomic E-state index is 11.7. The average Bonchev–Trinajstić information content (AvgIpc) is 2.32. The van der Waals surface area contributed by atoms with Crippen LogP contribution in [0.2, 0.25) is 5.02 Å². The van der Waals surface area contributed by atoms with E-state index >= 15 is 0 Å². The molecular weight excluding hydrogens is 216 g/mol. The first-order valence-electron chi connectivity index (χ1n) is 4.55. The van der Waals surface area contributed by atoms with E-state index in [1.807, 2.05) is 0 Å². The molecular formula is C10H11ClN2O2. The van der Waals surface area contributed by atoms with Gasteiger partial charge in [-0.1, -0.05) is 11.6 Å². The number of likely N-dealkylation sites (N-methyl/N-ethyl adjacent to an activating group) is 1. The number of halogens is 1. The minimum atomic E-state index is -0.624. The van der Waals surface area contributed by atoms with Gasteiger partial charge < -0.3 is 15.4 Å². The molecule has 1 aliphatic rings. The zero-order valence-electron chi connectivity index (χ0n) is 8.24. The smallest absolute Gasteiger partial charge is 0.247 e. The van der Waals surface area contributed by atoms with E-state index < -0.39 is 6.04 Å². The van der Waals surface area contributed by atoms with Crippen LogP contribution in [0.5, 0.6) is 5.75 Å².